The molecule has 2 rings (SSSR count). The summed E-state index contributed by atoms with van der Waals surface area (Å²) in [5.41, 5.74) is 6.06. The molecule has 0 aliphatic rings. The van der Waals surface area contributed by atoms with Crippen molar-refractivity contribution in [2.24, 2.45) is 11.7 Å². The molecule has 0 aliphatic carbocycles. The largest absolute Gasteiger partial charge is 0.496 e. The zero-order valence-corrected chi connectivity index (χ0v) is 15.5. The van der Waals surface area contributed by atoms with Gasteiger partial charge >= 0.3 is 6.18 Å². The third-order valence-corrected chi connectivity index (χ3v) is 4.27. The first kappa shape index (κ1) is 21.3. The van der Waals surface area contributed by atoms with E-state index in [1.165, 1.54) is 19.2 Å². The molecule has 28 heavy (non-hydrogen) atoms. The second-order valence-electron chi connectivity index (χ2n) is 6.42. The number of nitrogens with two attached hydrogens (primary N) is 1. The molecule has 0 saturated carbocycles. The smallest absolute Gasteiger partial charge is 0.416 e. The van der Waals surface area contributed by atoms with Gasteiger partial charge in [0.1, 0.15) is 5.75 Å². The molecular formula is C20H21F3N2O3. The number of carbonyl (C=O) groups excluding carboxylic acids is 2. The summed E-state index contributed by atoms with van der Waals surface area (Å²) >= 11 is 0. The number of benzene rings is 2. The number of hydrogen-bond acceptors (Lipinski definition) is 3. The van der Waals surface area contributed by atoms with E-state index >= 15 is 0 Å². The van der Waals surface area contributed by atoms with Crippen molar-refractivity contribution in [1.29, 1.82) is 0 Å². The van der Waals surface area contributed by atoms with Crippen LogP contribution in [0, 0.1) is 5.92 Å². The van der Waals surface area contributed by atoms with Crippen molar-refractivity contribution in [3.05, 3.63) is 64.7 Å². The third kappa shape index (κ3) is 5.48. The summed E-state index contributed by atoms with van der Waals surface area (Å²) in [5, 5.41) is 2.66. The molecule has 0 spiro atoms. The van der Waals surface area contributed by atoms with Crippen molar-refractivity contribution < 1.29 is 27.5 Å². The van der Waals surface area contributed by atoms with Crippen molar-refractivity contribution in [3.63, 3.8) is 0 Å². The molecule has 1 atom stereocenters. The zero-order valence-electron chi connectivity index (χ0n) is 15.5. The predicted octanol–water partition coefficient (Wildman–Crippen LogP) is 3.31. The highest BCUT2D eigenvalue weighted by molar-refractivity contribution is 5.97. The van der Waals surface area contributed by atoms with E-state index in [9.17, 15) is 22.8 Å². The Balaban J connectivity index is 2.11. The Labute approximate surface area is 160 Å². The van der Waals surface area contributed by atoms with Crippen molar-refractivity contribution in [2.45, 2.75) is 26.1 Å². The van der Waals surface area contributed by atoms with E-state index in [1.807, 2.05) is 0 Å². The van der Waals surface area contributed by atoms with Crippen LogP contribution in [0.4, 0.5) is 13.2 Å². The maximum Gasteiger partial charge on any atom is 0.416 e. The number of hydrogen-bond donors (Lipinski definition) is 2. The molecule has 2 aromatic carbocycles. The van der Waals surface area contributed by atoms with Crippen LogP contribution in [0.25, 0.3) is 0 Å². The van der Waals surface area contributed by atoms with Gasteiger partial charge < -0.3 is 15.8 Å². The van der Waals surface area contributed by atoms with Crippen molar-refractivity contribution in [2.75, 3.05) is 7.11 Å². The van der Waals surface area contributed by atoms with E-state index in [4.69, 9.17) is 10.5 Å². The number of amides is 2. The fourth-order valence-corrected chi connectivity index (χ4v) is 2.60. The highest BCUT2D eigenvalue weighted by Gasteiger charge is 2.29. The number of methoxy groups -OCH3 is 1. The van der Waals surface area contributed by atoms with Gasteiger partial charge in [0.25, 0.3) is 5.91 Å². The molecule has 0 aromatic heterocycles. The molecular weight excluding hydrogens is 373 g/mol. The lowest BCUT2D eigenvalue weighted by molar-refractivity contribution is -0.137. The quantitative estimate of drug-likeness (QED) is 0.756. The van der Waals surface area contributed by atoms with E-state index in [0.29, 0.717) is 17.7 Å². The number of primary amides is 1. The molecule has 2 aromatic rings. The minimum Gasteiger partial charge on any atom is -0.496 e. The molecule has 0 heterocycles. The SMILES string of the molecule is COc1ccc(CC(C)C(N)=O)cc1C(=O)NCc1ccc(C(F)(F)F)cc1. The molecule has 3 N–H and O–H groups in total. The lowest BCUT2D eigenvalue weighted by atomic mass is 9.98. The van der Waals surface area contributed by atoms with E-state index in [-0.39, 0.29) is 12.1 Å². The third-order valence-electron chi connectivity index (χ3n) is 4.27. The van der Waals surface area contributed by atoms with E-state index in [1.54, 1.807) is 25.1 Å². The normalized spacial score (nSPS) is 12.3. The van der Waals surface area contributed by atoms with Crippen LogP contribution in [-0.2, 0) is 23.9 Å². The van der Waals surface area contributed by atoms with Gasteiger partial charge in [0.15, 0.2) is 0 Å². The molecule has 1 unspecified atom stereocenters. The average molecular weight is 394 g/mol. The van der Waals surface area contributed by atoms with Crippen LogP contribution in [0.15, 0.2) is 42.5 Å². The first-order valence-electron chi connectivity index (χ1n) is 8.52. The van der Waals surface area contributed by atoms with Crippen LogP contribution in [0.3, 0.4) is 0 Å². The highest BCUT2D eigenvalue weighted by Crippen LogP contribution is 2.29. The fraction of sp³-hybridized carbons (Fsp3) is 0.300. The van der Waals surface area contributed by atoms with Gasteiger partial charge in [0.2, 0.25) is 5.91 Å². The molecule has 150 valence electrons. The van der Waals surface area contributed by atoms with Crippen molar-refractivity contribution in [3.8, 4) is 5.75 Å². The number of rotatable bonds is 7. The standard InChI is InChI=1S/C20H21F3N2O3/c1-12(18(24)26)9-14-5-8-17(28-2)16(10-14)19(27)25-11-13-3-6-15(7-4-13)20(21,22)23/h3-8,10,12H,9,11H2,1-2H3,(H2,24,26)(H,25,27). The van der Waals surface area contributed by atoms with Crippen LogP contribution < -0.4 is 15.8 Å². The Morgan fingerprint density at radius 3 is 2.25 bits per heavy atom. The number of nitrogens with one attached hydrogen (secondary N) is 1. The number of alkyl halides is 3. The molecule has 0 radical (unpaired) electrons. The lowest BCUT2D eigenvalue weighted by Crippen LogP contribution is -2.24. The summed E-state index contributed by atoms with van der Waals surface area (Å²) in [5.74, 6) is -0.925. The van der Waals surface area contributed by atoms with Crippen molar-refractivity contribution in [1.82, 2.24) is 5.32 Å². The first-order chi connectivity index (χ1) is 13.1. The monoisotopic (exact) mass is 394 g/mol. The number of halogens is 3. The molecule has 2 amide bonds. The summed E-state index contributed by atoms with van der Waals surface area (Å²) < 4.78 is 43.0. The highest BCUT2D eigenvalue weighted by atomic mass is 19.4. The molecule has 0 saturated heterocycles. The zero-order chi connectivity index (χ0) is 20.9. The Morgan fingerprint density at radius 2 is 1.71 bits per heavy atom. The van der Waals surface area contributed by atoms with Gasteiger partial charge in [0.05, 0.1) is 18.2 Å². The van der Waals surface area contributed by atoms with Crippen molar-refractivity contribution >= 4 is 11.8 Å². The molecule has 0 aliphatic heterocycles. The maximum atomic E-state index is 12.6. The van der Waals surface area contributed by atoms with Gasteiger partial charge in [0, 0.05) is 12.5 Å². The van der Waals surface area contributed by atoms with Gasteiger partial charge in [-0.2, -0.15) is 13.2 Å². The van der Waals surface area contributed by atoms with Gasteiger partial charge in [-0.1, -0.05) is 25.1 Å². The minimum atomic E-state index is -4.41. The van der Waals surface area contributed by atoms with Crippen LogP contribution >= 0.6 is 0 Å². The Morgan fingerprint density at radius 1 is 1.11 bits per heavy atom. The summed E-state index contributed by atoms with van der Waals surface area (Å²) in [6.45, 7) is 1.75. The summed E-state index contributed by atoms with van der Waals surface area (Å²) in [7, 11) is 1.42. The van der Waals surface area contributed by atoms with Crippen LogP contribution in [0.2, 0.25) is 0 Å². The Bertz CT molecular complexity index is 849. The molecule has 0 bridgehead atoms. The van der Waals surface area contributed by atoms with Crippen LogP contribution in [0.5, 0.6) is 5.75 Å². The molecule has 5 nitrogen and oxygen atoms in total. The topological polar surface area (TPSA) is 81.4 Å². The summed E-state index contributed by atoms with van der Waals surface area (Å²) in [6, 6.07) is 9.53. The van der Waals surface area contributed by atoms with E-state index in [0.717, 1.165) is 17.7 Å². The maximum absolute atomic E-state index is 12.6. The fourth-order valence-electron chi connectivity index (χ4n) is 2.60. The predicted molar refractivity (Wildman–Crippen MR) is 97.7 cm³/mol. The van der Waals surface area contributed by atoms with E-state index in [2.05, 4.69) is 5.32 Å². The first-order valence-corrected chi connectivity index (χ1v) is 8.52. The minimum absolute atomic E-state index is 0.0576. The summed E-state index contributed by atoms with van der Waals surface area (Å²) in [6.07, 6.45) is -4.03. The van der Waals surface area contributed by atoms with Gasteiger partial charge in [-0.25, -0.2) is 0 Å². The number of ether oxygens (including phenoxy) is 1. The van der Waals surface area contributed by atoms with Crippen LogP contribution in [-0.4, -0.2) is 18.9 Å². The Kier molecular flexibility index (Phi) is 6.66. The molecule has 8 heteroatoms. The second kappa shape index (κ2) is 8.77. The molecule has 0 fully saturated rings. The summed E-state index contributed by atoms with van der Waals surface area (Å²) in [4.78, 5) is 23.8. The van der Waals surface area contributed by atoms with Gasteiger partial charge in [-0.05, 0) is 41.8 Å². The second-order valence-corrected chi connectivity index (χ2v) is 6.42. The van der Waals surface area contributed by atoms with Gasteiger partial charge in [-0.3, -0.25) is 9.59 Å². The van der Waals surface area contributed by atoms with E-state index < -0.39 is 29.5 Å². The number of carbonyl (C=O) groups is 2. The Hall–Kier alpha value is -3.03. The van der Waals surface area contributed by atoms with Crippen LogP contribution in [0.1, 0.15) is 34.0 Å². The average Bonchev–Trinajstić information content (AvgIpc) is 2.65. The lowest BCUT2D eigenvalue weighted by Gasteiger charge is -2.13. The van der Waals surface area contributed by atoms with Gasteiger partial charge in [-0.15, -0.1) is 0 Å².